The normalized spacial score (nSPS) is 10.3. The molecule has 0 aliphatic heterocycles. The minimum atomic E-state index is -0.647. The molecule has 0 bridgehead atoms. The molecular weight excluding hydrogens is 272 g/mol. The molecule has 0 aromatic heterocycles. The van der Waals surface area contributed by atoms with Crippen LogP contribution in [0, 0.1) is 10.1 Å². The number of nitro benzene ring substituents is 1. The lowest BCUT2D eigenvalue weighted by Gasteiger charge is -2.17. The molecule has 1 rings (SSSR count). The van der Waals surface area contributed by atoms with Gasteiger partial charge in [-0.05, 0) is 19.1 Å². The average Bonchev–Trinajstić information content (AvgIpc) is 2.37. The van der Waals surface area contributed by atoms with Crippen molar-refractivity contribution in [1.82, 2.24) is 4.90 Å². The molecule has 0 aliphatic carbocycles. The third-order valence-corrected chi connectivity index (χ3v) is 2.83. The number of amides is 1. The standard InChI is InChI=1S/C12H15ClN2O4/c1-3-19-8-7-14(2)12(16)9-5-4-6-10(13)11(9)15(17)18/h4-6H,3,7-8H2,1-2H3. The van der Waals surface area contributed by atoms with Crippen LogP contribution in [0.15, 0.2) is 18.2 Å². The third kappa shape index (κ3) is 3.90. The van der Waals surface area contributed by atoms with Crippen LogP contribution < -0.4 is 0 Å². The highest BCUT2D eigenvalue weighted by Crippen LogP contribution is 2.28. The lowest BCUT2D eigenvalue weighted by atomic mass is 10.1. The minimum absolute atomic E-state index is 0.0171. The SMILES string of the molecule is CCOCCN(C)C(=O)c1cccc(Cl)c1[N+](=O)[O-]. The van der Waals surface area contributed by atoms with Crippen LogP contribution in [0.25, 0.3) is 0 Å². The molecule has 0 atom stereocenters. The number of para-hydroxylation sites is 1. The summed E-state index contributed by atoms with van der Waals surface area (Å²) >= 11 is 5.76. The van der Waals surface area contributed by atoms with E-state index in [0.717, 1.165) is 0 Å². The van der Waals surface area contributed by atoms with Crippen LogP contribution in [0.1, 0.15) is 17.3 Å². The summed E-state index contributed by atoms with van der Waals surface area (Å²) in [6, 6.07) is 4.29. The van der Waals surface area contributed by atoms with Crippen molar-refractivity contribution in [3.8, 4) is 0 Å². The van der Waals surface area contributed by atoms with Crippen molar-refractivity contribution in [3.63, 3.8) is 0 Å². The van der Waals surface area contributed by atoms with E-state index in [1.165, 1.54) is 23.1 Å². The van der Waals surface area contributed by atoms with Gasteiger partial charge in [-0.1, -0.05) is 17.7 Å². The number of nitro groups is 1. The second-order valence-corrected chi connectivity index (χ2v) is 4.22. The molecule has 0 radical (unpaired) electrons. The van der Waals surface area contributed by atoms with Gasteiger partial charge < -0.3 is 9.64 Å². The Balaban J connectivity index is 2.93. The number of carbonyl (C=O) groups is 1. The van der Waals surface area contributed by atoms with Crippen molar-refractivity contribution >= 4 is 23.2 Å². The van der Waals surface area contributed by atoms with Crippen molar-refractivity contribution < 1.29 is 14.5 Å². The highest BCUT2D eigenvalue weighted by Gasteiger charge is 2.25. The van der Waals surface area contributed by atoms with E-state index in [0.29, 0.717) is 19.8 Å². The molecule has 1 amide bonds. The fraction of sp³-hybridized carbons (Fsp3) is 0.417. The van der Waals surface area contributed by atoms with Crippen LogP contribution in [0.3, 0.4) is 0 Å². The molecule has 6 nitrogen and oxygen atoms in total. The summed E-state index contributed by atoms with van der Waals surface area (Å²) in [5.41, 5.74) is -0.381. The number of halogens is 1. The van der Waals surface area contributed by atoms with E-state index in [1.807, 2.05) is 6.92 Å². The van der Waals surface area contributed by atoms with Crippen molar-refractivity contribution in [1.29, 1.82) is 0 Å². The van der Waals surface area contributed by atoms with E-state index in [2.05, 4.69) is 0 Å². The van der Waals surface area contributed by atoms with E-state index in [-0.39, 0.29) is 16.3 Å². The topological polar surface area (TPSA) is 72.7 Å². The first kappa shape index (κ1) is 15.4. The molecule has 7 heteroatoms. The molecule has 19 heavy (non-hydrogen) atoms. The number of likely N-dealkylation sites (N-methyl/N-ethyl adjacent to an activating group) is 1. The third-order valence-electron chi connectivity index (χ3n) is 2.52. The molecule has 0 N–H and O–H groups in total. The van der Waals surface area contributed by atoms with Crippen LogP contribution in [-0.4, -0.2) is 42.5 Å². The molecule has 0 unspecified atom stereocenters. The Kier molecular flexibility index (Phi) is 5.72. The van der Waals surface area contributed by atoms with Gasteiger partial charge >= 0.3 is 5.69 Å². The predicted octanol–water partition coefficient (Wildman–Crippen LogP) is 2.36. The summed E-state index contributed by atoms with van der Waals surface area (Å²) in [5.74, 6) is -0.450. The Hall–Kier alpha value is -1.66. The summed E-state index contributed by atoms with van der Waals surface area (Å²) in [6.45, 7) is 3.15. The zero-order valence-corrected chi connectivity index (χ0v) is 11.5. The highest BCUT2D eigenvalue weighted by molar-refractivity contribution is 6.33. The number of carbonyl (C=O) groups excluding carboxylic acids is 1. The highest BCUT2D eigenvalue weighted by atomic mass is 35.5. The smallest absolute Gasteiger partial charge is 0.300 e. The number of benzene rings is 1. The summed E-state index contributed by atoms with van der Waals surface area (Å²) in [5, 5.41) is 10.9. The van der Waals surface area contributed by atoms with Gasteiger partial charge in [0.2, 0.25) is 0 Å². The molecule has 0 aliphatic rings. The predicted molar refractivity (Wildman–Crippen MR) is 71.6 cm³/mol. The summed E-state index contributed by atoms with van der Waals surface area (Å²) in [7, 11) is 1.56. The molecule has 0 fully saturated rings. The van der Waals surface area contributed by atoms with Gasteiger partial charge in [0.1, 0.15) is 10.6 Å². The van der Waals surface area contributed by atoms with Crippen molar-refractivity contribution in [2.75, 3.05) is 26.8 Å². The van der Waals surface area contributed by atoms with E-state index in [1.54, 1.807) is 7.05 Å². The van der Waals surface area contributed by atoms with Gasteiger partial charge in [-0.25, -0.2) is 0 Å². The monoisotopic (exact) mass is 286 g/mol. The first-order valence-corrected chi connectivity index (χ1v) is 6.13. The molecular formula is C12H15ClN2O4. The summed E-state index contributed by atoms with van der Waals surface area (Å²) in [6.07, 6.45) is 0. The minimum Gasteiger partial charge on any atom is -0.380 e. The van der Waals surface area contributed by atoms with Gasteiger partial charge in [0.15, 0.2) is 0 Å². The molecule has 0 saturated heterocycles. The van der Waals surface area contributed by atoms with Crippen LogP contribution in [0.5, 0.6) is 0 Å². The maximum atomic E-state index is 12.1. The summed E-state index contributed by atoms with van der Waals surface area (Å²) < 4.78 is 5.14. The molecule has 104 valence electrons. The largest absolute Gasteiger partial charge is 0.380 e. The van der Waals surface area contributed by atoms with Crippen LogP contribution in [0.4, 0.5) is 5.69 Å². The van der Waals surface area contributed by atoms with Gasteiger partial charge in [-0.15, -0.1) is 0 Å². The fourth-order valence-corrected chi connectivity index (χ4v) is 1.77. The van der Waals surface area contributed by atoms with Crippen molar-refractivity contribution in [2.45, 2.75) is 6.92 Å². The fourth-order valence-electron chi connectivity index (χ4n) is 1.53. The maximum Gasteiger partial charge on any atom is 0.300 e. The first-order chi connectivity index (χ1) is 8.99. The quantitative estimate of drug-likeness (QED) is 0.457. The maximum absolute atomic E-state index is 12.1. The summed E-state index contributed by atoms with van der Waals surface area (Å²) in [4.78, 5) is 23.8. The molecule has 0 heterocycles. The lowest BCUT2D eigenvalue weighted by Crippen LogP contribution is -2.30. The van der Waals surface area contributed by atoms with Gasteiger partial charge in [0.05, 0.1) is 11.5 Å². The van der Waals surface area contributed by atoms with E-state index >= 15 is 0 Å². The van der Waals surface area contributed by atoms with Crippen LogP contribution in [0.2, 0.25) is 5.02 Å². The van der Waals surface area contributed by atoms with Crippen LogP contribution >= 0.6 is 11.6 Å². The van der Waals surface area contributed by atoms with Crippen LogP contribution in [-0.2, 0) is 4.74 Å². The van der Waals surface area contributed by atoms with E-state index < -0.39 is 10.8 Å². The Morgan fingerprint density at radius 3 is 2.79 bits per heavy atom. The van der Waals surface area contributed by atoms with Gasteiger partial charge in [-0.3, -0.25) is 14.9 Å². The van der Waals surface area contributed by atoms with E-state index in [4.69, 9.17) is 16.3 Å². The number of nitrogens with zero attached hydrogens (tertiary/aromatic N) is 2. The Morgan fingerprint density at radius 1 is 1.53 bits per heavy atom. The Morgan fingerprint density at radius 2 is 2.21 bits per heavy atom. The lowest BCUT2D eigenvalue weighted by molar-refractivity contribution is -0.385. The second-order valence-electron chi connectivity index (χ2n) is 3.82. The van der Waals surface area contributed by atoms with Crippen molar-refractivity contribution in [3.05, 3.63) is 38.9 Å². The Labute approximate surface area is 116 Å². The molecule has 1 aromatic rings. The average molecular weight is 287 g/mol. The van der Waals surface area contributed by atoms with Gasteiger partial charge in [-0.2, -0.15) is 0 Å². The molecule has 0 saturated carbocycles. The molecule has 0 spiro atoms. The first-order valence-electron chi connectivity index (χ1n) is 5.75. The van der Waals surface area contributed by atoms with Gasteiger partial charge in [0.25, 0.3) is 5.91 Å². The number of hydrogen-bond donors (Lipinski definition) is 0. The van der Waals surface area contributed by atoms with Gasteiger partial charge in [0, 0.05) is 20.2 Å². The zero-order valence-electron chi connectivity index (χ0n) is 10.8. The molecule has 1 aromatic carbocycles. The van der Waals surface area contributed by atoms with Crippen molar-refractivity contribution in [2.24, 2.45) is 0 Å². The number of hydrogen-bond acceptors (Lipinski definition) is 4. The zero-order chi connectivity index (χ0) is 14.4. The van der Waals surface area contributed by atoms with E-state index in [9.17, 15) is 14.9 Å². The number of ether oxygens (including phenoxy) is 1. The number of rotatable bonds is 6. The Bertz CT molecular complexity index is 479. The second kappa shape index (κ2) is 7.06.